The Hall–Kier alpha value is -0.350. The van der Waals surface area contributed by atoms with Crippen molar-refractivity contribution in [2.45, 2.75) is 39.2 Å². The molecule has 1 aliphatic rings. The molecule has 0 aliphatic heterocycles. The van der Waals surface area contributed by atoms with Gasteiger partial charge in [0.05, 0.1) is 16.4 Å². The number of hydrogen-bond donors (Lipinski definition) is 1. The summed E-state index contributed by atoms with van der Waals surface area (Å²) in [7, 11) is 1.89. The van der Waals surface area contributed by atoms with Crippen LogP contribution in [-0.4, -0.2) is 14.9 Å². The van der Waals surface area contributed by atoms with E-state index in [2.05, 4.69) is 41.8 Å². The lowest BCUT2D eigenvalue weighted by Crippen LogP contribution is -2.32. The van der Waals surface area contributed by atoms with Crippen molar-refractivity contribution in [1.82, 2.24) is 9.78 Å². The summed E-state index contributed by atoms with van der Waals surface area (Å²) in [6.07, 6.45) is 3.59. The lowest BCUT2D eigenvalue weighted by atomic mass is 9.87. The number of aliphatic hydroxyl groups is 1. The van der Waals surface area contributed by atoms with Gasteiger partial charge < -0.3 is 5.11 Å². The Morgan fingerprint density at radius 3 is 2.56 bits per heavy atom. The summed E-state index contributed by atoms with van der Waals surface area (Å²) >= 11 is 3.48. The molecule has 0 bridgehead atoms. The van der Waals surface area contributed by atoms with Crippen molar-refractivity contribution in [3.8, 4) is 0 Å². The van der Waals surface area contributed by atoms with E-state index in [-0.39, 0.29) is 11.3 Å². The van der Waals surface area contributed by atoms with Crippen LogP contribution >= 0.6 is 15.9 Å². The molecule has 90 valence electrons. The van der Waals surface area contributed by atoms with E-state index >= 15 is 0 Å². The number of aryl methyl sites for hydroxylation is 1. The Morgan fingerprint density at radius 1 is 1.56 bits per heavy atom. The molecule has 0 spiro atoms. The number of hydrogen-bond acceptors (Lipinski definition) is 2. The van der Waals surface area contributed by atoms with Gasteiger partial charge in [0.15, 0.2) is 0 Å². The molecule has 1 heterocycles. The van der Waals surface area contributed by atoms with E-state index in [4.69, 9.17) is 0 Å². The van der Waals surface area contributed by atoms with Crippen LogP contribution in [0.15, 0.2) is 10.7 Å². The van der Waals surface area contributed by atoms with Crippen LogP contribution in [0, 0.1) is 11.3 Å². The van der Waals surface area contributed by atoms with Crippen molar-refractivity contribution in [2.75, 3.05) is 0 Å². The van der Waals surface area contributed by atoms with E-state index in [0.717, 1.165) is 23.0 Å². The zero-order valence-electron chi connectivity index (χ0n) is 10.3. The average Bonchev–Trinajstić information content (AvgIpc) is 2.52. The highest BCUT2D eigenvalue weighted by Crippen LogP contribution is 2.53. The van der Waals surface area contributed by atoms with Crippen LogP contribution in [0.5, 0.6) is 0 Å². The van der Waals surface area contributed by atoms with Crippen LogP contribution < -0.4 is 0 Å². The van der Waals surface area contributed by atoms with E-state index < -0.39 is 5.60 Å². The first-order valence-corrected chi connectivity index (χ1v) is 6.46. The van der Waals surface area contributed by atoms with E-state index in [0.29, 0.717) is 0 Å². The first-order valence-electron chi connectivity index (χ1n) is 5.67. The molecular weight excluding hydrogens is 268 g/mol. The zero-order chi connectivity index (χ0) is 12.1. The summed E-state index contributed by atoms with van der Waals surface area (Å²) in [6, 6.07) is 0. The summed E-state index contributed by atoms with van der Waals surface area (Å²) < 4.78 is 2.68. The van der Waals surface area contributed by atoms with Crippen molar-refractivity contribution < 1.29 is 5.11 Å². The minimum Gasteiger partial charge on any atom is -0.383 e. The average molecular weight is 287 g/mol. The van der Waals surface area contributed by atoms with Crippen molar-refractivity contribution in [2.24, 2.45) is 18.4 Å². The van der Waals surface area contributed by atoms with Gasteiger partial charge in [0.1, 0.15) is 5.60 Å². The fourth-order valence-electron chi connectivity index (χ4n) is 3.19. The van der Waals surface area contributed by atoms with Gasteiger partial charge in [-0.2, -0.15) is 5.10 Å². The maximum Gasteiger partial charge on any atom is 0.110 e. The van der Waals surface area contributed by atoms with Gasteiger partial charge in [0, 0.05) is 7.05 Å². The summed E-state index contributed by atoms with van der Waals surface area (Å²) in [4.78, 5) is 0. The third-order valence-electron chi connectivity index (χ3n) is 3.73. The molecule has 1 saturated carbocycles. The van der Waals surface area contributed by atoms with Gasteiger partial charge in [0.25, 0.3) is 0 Å². The second kappa shape index (κ2) is 3.57. The highest BCUT2D eigenvalue weighted by atomic mass is 79.9. The van der Waals surface area contributed by atoms with Gasteiger partial charge in [-0.05, 0) is 40.1 Å². The third kappa shape index (κ3) is 1.72. The minimum atomic E-state index is -0.756. The SMILES string of the molecule is CC1CC(C)(C)CC1(O)c1c(Br)cnn1C. The summed E-state index contributed by atoms with van der Waals surface area (Å²) in [5.74, 6) is 0.259. The molecular formula is C12H19BrN2O. The predicted molar refractivity (Wildman–Crippen MR) is 67.0 cm³/mol. The quantitative estimate of drug-likeness (QED) is 0.862. The monoisotopic (exact) mass is 286 g/mol. The van der Waals surface area contributed by atoms with Crippen LogP contribution in [-0.2, 0) is 12.6 Å². The van der Waals surface area contributed by atoms with Crippen LogP contribution in [0.1, 0.15) is 39.3 Å². The molecule has 1 aromatic rings. The fraction of sp³-hybridized carbons (Fsp3) is 0.750. The Balaban J connectivity index is 2.48. The van der Waals surface area contributed by atoms with Gasteiger partial charge in [-0.1, -0.05) is 20.8 Å². The number of aromatic nitrogens is 2. The number of nitrogens with zero attached hydrogens (tertiary/aromatic N) is 2. The van der Waals surface area contributed by atoms with Crippen LogP contribution in [0.25, 0.3) is 0 Å². The lowest BCUT2D eigenvalue weighted by Gasteiger charge is -2.29. The Kier molecular flexibility index (Phi) is 2.70. The molecule has 0 radical (unpaired) electrons. The second-order valence-corrected chi connectivity index (χ2v) is 6.69. The topological polar surface area (TPSA) is 38.1 Å². The molecule has 0 saturated heterocycles. The molecule has 4 heteroatoms. The van der Waals surface area contributed by atoms with Crippen LogP contribution in [0.4, 0.5) is 0 Å². The molecule has 1 aliphatic carbocycles. The number of halogens is 1. The molecule has 0 aromatic carbocycles. The summed E-state index contributed by atoms with van der Waals surface area (Å²) in [5, 5.41) is 15.1. The zero-order valence-corrected chi connectivity index (χ0v) is 11.9. The van der Waals surface area contributed by atoms with Crippen molar-refractivity contribution in [1.29, 1.82) is 0 Å². The molecule has 1 aromatic heterocycles. The van der Waals surface area contributed by atoms with Crippen LogP contribution in [0.3, 0.4) is 0 Å². The lowest BCUT2D eigenvalue weighted by molar-refractivity contribution is -0.00907. The smallest absolute Gasteiger partial charge is 0.110 e. The van der Waals surface area contributed by atoms with E-state index in [1.807, 2.05) is 7.05 Å². The highest BCUT2D eigenvalue weighted by molar-refractivity contribution is 9.10. The predicted octanol–water partition coefficient (Wildman–Crippen LogP) is 2.83. The molecule has 2 unspecified atom stereocenters. The molecule has 16 heavy (non-hydrogen) atoms. The minimum absolute atomic E-state index is 0.192. The first-order chi connectivity index (χ1) is 7.26. The summed E-state index contributed by atoms with van der Waals surface area (Å²) in [6.45, 7) is 6.55. The Labute approximate surface area is 105 Å². The molecule has 3 nitrogen and oxygen atoms in total. The third-order valence-corrected chi connectivity index (χ3v) is 4.31. The fourth-order valence-corrected chi connectivity index (χ4v) is 3.88. The van der Waals surface area contributed by atoms with Gasteiger partial charge >= 0.3 is 0 Å². The summed E-state index contributed by atoms with van der Waals surface area (Å²) in [5.41, 5.74) is 0.344. The van der Waals surface area contributed by atoms with Gasteiger partial charge in [-0.15, -0.1) is 0 Å². The van der Waals surface area contributed by atoms with Gasteiger partial charge in [-0.25, -0.2) is 0 Å². The standard InChI is InChI=1S/C12H19BrN2O/c1-8-5-11(2,3)7-12(8,16)10-9(13)6-14-15(10)4/h6,8,16H,5,7H2,1-4H3. The normalized spacial score (nSPS) is 33.2. The molecule has 2 rings (SSSR count). The highest BCUT2D eigenvalue weighted by Gasteiger charge is 2.50. The largest absolute Gasteiger partial charge is 0.383 e. The van der Waals surface area contributed by atoms with Crippen molar-refractivity contribution in [3.63, 3.8) is 0 Å². The Bertz CT molecular complexity index is 394. The van der Waals surface area contributed by atoms with Crippen molar-refractivity contribution in [3.05, 3.63) is 16.4 Å². The maximum absolute atomic E-state index is 10.9. The molecule has 1 N–H and O–H groups in total. The van der Waals surface area contributed by atoms with E-state index in [1.54, 1.807) is 10.9 Å². The molecule has 1 fully saturated rings. The number of rotatable bonds is 1. The Morgan fingerprint density at radius 2 is 2.19 bits per heavy atom. The molecule has 0 amide bonds. The van der Waals surface area contributed by atoms with Crippen LogP contribution in [0.2, 0.25) is 0 Å². The molecule has 2 atom stereocenters. The maximum atomic E-state index is 10.9. The van der Waals surface area contributed by atoms with E-state index in [1.165, 1.54) is 0 Å². The second-order valence-electron chi connectivity index (χ2n) is 5.84. The van der Waals surface area contributed by atoms with Crippen molar-refractivity contribution >= 4 is 15.9 Å². The van der Waals surface area contributed by atoms with Gasteiger partial charge in [0.2, 0.25) is 0 Å². The van der Waals surface area contributed by atoms with E-state index in [9.17, 15) is 5.11 Å². The van der Waals surface area contributed by atoms with Gasteiger partial charge in [-0.3, -0.25) is 4.68 Å². The first kappa shape index (κ1) is 12.1.